The Labute approximate surface area is 209 Å². The van der Waals surface area contributed by atoms with E-state index in [0.29, 0.717) is 33.5 Å². The van der Waals surface area contributed by atoms with Crippen LogP contribution in [0.25, 0.3) is 11.0 Å². The van der Waals surface area contributed by atoms with Gasteiger partial charge in [0.2, 0.25) is 11.7 Å². The van der Waals surface area contributed by atoms with Crippen LogP contribution in [0.3, 0.4) is 0 Å². The molecule has 1 saturated carbocycles. The van der Waals surface area contributed by atoms with E-state index in [-0.39, 0.29) is 17.6 Å². The normalized spacial score (nSPS) is 18.0. The highest BCUT2D eigenvalue weighted by Crippen LogP contribution is 2.36. The number of aromatic nitrogens is 1. The number of rotatable bonds is 7. The molecule has 1 aliphatic carbocycles. The van der Waals surface area contributed by atoms with Crippen LogP contribution in [0.5, 0.6) is 0 Å². The third kappa shape index (κ3) is 5.27. The van der Waals surface area contributed by atoms with Gasteiger partial charge in [-0.3, -0.25) is 9.59 Å². The molecule has 3 aromatic rings. The summed E-state index contributed by atoms with van der Waals surface area (Å²) in [7, 11) is 7.56. The lowest BCUT2D eigenvalue weighted by Crippen LogP contribution is -2.41. The smallest absolute Gasteiger partial charge is 0.311 e. The molecule has 9 nitrogen and oxygen atoms in total. The zero-order valence-electron chi connectivity index (χ0n) is 20.4. The van der Waals surface area contributed by atoms with Crippen LogP contribution in [0.4, 0.5) is 17.2 Å². The SMILES string of the molecule is CNc1ccc2oc(C(=O)N(NC)c3ccc(Cl)cn3)c(NC(=O)C3CCC(N(C)C)CC3)c2c1. The van der Waals surface area contributed by atoms with Crippen molar-refractivity contribution in [2.45, 2.75) is 31.7 Å². The van der Waals surface area contributed by atoms with Gasteiger partial charge in [0.1, 0.15) is 11.3 Å². The van der Waals surface area contributed by atoms with Gasteiger partial charge in [0.15, 0.2) is 5.82 Å². The van der Waals surface area contributed by atoms with Gasteiger partial charge in [-0.05, 0) is 70.1 Å². The number of hydrogen-bond donors (Lipinski definition) is 3. The second kappa shape index (κ2) is 10.6. The monoisotopic (exact) mass is 498 g/mol. The van der Waals surface area contributed by atoms with Gasteiger partial charge in [-0.1, -0.05) is 11.6 Å². The van der Waals surface area contributed by atoms with Crippen molar-refractivity contribution in [2.75, 3.05) is 43.8 Å². The van der Waals surface area contributed by atoms with E-state index in [4.69, 9.17) is 16.0 Å². The first-order valence-corrected chi connectivity index (χ1v) is 12.0. The summed E-state index contributed by atoms with van der Waals surface area (Å²) in [4.78, 5) is 33.4. The van der Waals surface area contributed by atoms with E-state index in [2.05, 4.69) is 40.0 Å². The highest BCUT2D eigenvalue weighted by Gasteiger charge is 2.31. The van der Waals surface area contributed by atoms with E-state index >= 15 is 0 Å². The number of nitrogens with zero attached hydrogens (tertiary/aromatic N) is 3. The number of halogens is 1. The number of hydrazine groups is 1. The van der Waals surface area contributed by atoms with Gasteiger partial charge in [0.25, 0.3) is 0 Å². The Morgan fingerprint density at radius 2 is 1.83 bits per heavy atom. The maximum atomic E-state index is 13.6. The number of benzene rings is 1. The van der Waals surface area contributed by atoms with Crippen LogP contribution >= 0.6 is 11.6 Å². The summed E-state index contributed by atoms with van der Waals surface area (Å²) in [6.07, 6.45) is 4.98. The minimum atomic E-state index is -0.490. The molecule has 2 aromatic heterocycles. The molecule has 3 N–H and O–H groups in total. The second-order valence-corrected chi connectivity index (χ2v) is 9.36. The van der Waals surface area contributed by atoms with Crippen LogP contribution in [0, 0.1) is 5.92 Å². The van der Waals surface area contributed by atoms with Crippen molar-refractivity contribution < 1.29 is 14.0 Å². The molecule has 1 aliphatic rings. The summed E-state index contributed by atoms with van der Waals surface area (Å²) in [5, 5.41) is 8.48. The van der Waals surface area contributed by atoms with Crippen LogP contribution in [0.2, 0.25) is 5.02 Å². The Bertz CT molecular complexity index is 1200. The molecule has 1 aromatic carbocycles. The maximum absolute atomic E-state index is 13.6. The molecule has 0 spiro atoms. The highest BCUT2D eigenvalue weighted by atomic mass is 35.5. The van der Waals surface area contributed by atoms with Crippen molar-refractivity contribution in [2.24, 2.45) is 5.92 Å². The summed E-state index contributed by atoms with van der Waals surface area (Å²) >= 11 is 5.96. The average molecular weight is 499 g/mol. The first kappa shape index (κ1) is 25.0. The number of carbonyl (C=O) groups is 2. The number of anilines is 3. The number of nitrogens with one attached hydrogen (secondary N) is 3. The highest BCUT2D eigenvalue weighted by molar-refractivity contribution is 6.30. The molecule has 0 saturated heterocycles. The molecular weight excluding hydrogens is 468 g/mol. The largest absolute Gasteiger partial charge is 0.449 e. The Hall–Kier alpha value is -3.14. The minimum absolute atomic E-state index is 0.0229. The Kier molecular flexibility index (Phi) is 7.59. The van der Waals surface area contributed by atoms with Crippen LogP contribution in [0.15, 0.2) is 40.9 Å². The fourth-order valence-corrected chi connectivity index (χ4v) is 4.64. The van der Waals surface area contributed by atoms with E-state index < -0.39 is 5.91 Å². The molecule has 35 heavy (non-hydrogen) atoms. The molecule has 2 heterocycles. The van der Waals surface area contributed by atoms with E-state index in [1.165, 1.54) is 11.2 Å². The lowest BCUT2D eigenvalue weighted by atomic mass is 9.85. The van der Waals surface area contributed by atoms with Crippen molar-refractivity contribution >= 4 is 51.6 Å². The third-order valence-electron chi connectivity index (χ3n) is 6.58. The van der Waals surface area contributed by atoms with Gasteiger partial charge in [0, 0.05) is 43.3 Å². The van der Waals surface area contributed by atoms with E-state index in [0.717, 1.165) is 31.4 Å². The predicted molar refractivity (Wildman–Crippen MR) is 139 cm³/mol. The van der Waals surface area contributed by atoms with Crippen LogP contribution in [-0.4, -0.2) is 55.9 Å². The van der Waals surface area contributed by atoms with Crippen LogP contribution in [0.1, 0.15) is 36.2 Å². The lowest BCUT2D eigenvalue weighted by molar-refractivity contribution is -0.121. The van der Waals surface area contributed by atoms with Crippen LogP contribution < -0.4 is 21.1 Å². The van der Waals surface area contributed by atoms with Crippen molar-refractivity contribution in [1.82, 2.24) is 15.3 Å². The molecule has 186 valence electrons. The summed E-state index contributed by atoms with van der Waals surface area (Å²) in [5.41, 5.74) is 4.54. The number of amides is 2. The first-order chi connectivity index (χ1) is 16.8. The zero-order chi connectivity index (χ0) is 25.1. The topological polar surface area (TPSA) is 103 Å². The average Bonchev–Trinajstić information content (AvgIpc) is 3.22. The summed E-state index contributed by atoms with van der Waals surface area (Å²) in [6, 6.07) is 9.25. The second-order valence-electron chi connectivity index (χ2n) is 8.92. The van der Waals surface area contributed by atoms with Gasteiger partial charge in [-0.2, -0.15) is 0 Å². The summed E-state index contributed by atoms with van der Waals surface area (Å²) in [5.74, 6) is -0.345. The molecule has 0 unspecified atom stereocenters. The van der Waals surface area contributed by atoms with Gasteiger partial charge >= 0.3 is 5.91 Å². The zero-order valence-corrected chi connectivity index (χ0v) is 21.1. The van der Waals surface area contributed by atoms with E-state index in [9.17, 15) is 9.59 Å². The quantitative estimate of drug-likeness (QED) is 0.416. The third-order valence-corrected chi connectivity index (χ3v) is 6.81. The number of pyridine rings is 1. The van der Waals surface area contributed by atoms with Gasteiger partial charge in [-0.15, -0.1) is 0 Å². The van der Waals surface area contributed by atoms with Crippen molar-refractivity contribution in [3.8, 4) is 0 Å². The molecule has 0 aliphatic heterocycles. The van der Waals surface area contributed by atoms with Crippen molar-refractivity contribution in [1.29, 1.82) is 0 Å². The molecule has 4 rings (SSSR count). The number of fused-ring (bicyclic) bond motifs is 1. The number of carbonyl (C=O) groups excluding carboxylic acids is 2. The van der Waals surface area contributed by atoms with Crippen molar-refractivity contribution in [3.05, 3.63) is 47.3 Å². The standard InChI is InChI=1S/C25H31ClN6O3/c1-27-17-8-11-20-19(13-17)22(30-24(33)15-5-9-18(10-6-15)31(3)4)23(35-20)25(34)32(28-2)21-12-7-16(26)14-29-21/h7-8,11-15,18,27-28H,5-6,9-10H2,1-4H3,(H,30,33). The molecule has 0 bridgehead atoms. The number of hydrogen-bond acceptors (Lipinski definition) is 7. The molecule has 0 radical (unpaired) electrons. The Morgan fingerprint density at radius 3 is 2.43 bits per heavy atom. The molecule has 2 amide bonds. The maximum Gasteiger partial charge on any atom is 0.311 e. The lowest BCUT2D eigenvalue weighted by Gasteiger charge is -2.32. The van der Waals surface area contributed by atoms with Gasteiger partial charge < -0.3 is 20.0 Å². The van der Waals surface area contributed by atoms with E-state index in [1.54, 1.807) is 25.2 Å². The van der Waals surface area contributed by atoms with E-state index in [1.807, 2.05) is 19.2 Å². The molecule has 0 atom stereocenters. The first-order valence-electron chi connectivity index (χ1n) is 11.7. The Morgan fingerprint density at radius 1 is 1.09 bits per heavy atom. The minimum Gasteiger partial charge on any atom is -0.449 e. The van der Waals surface area contributed by atoms with Crippen LogP contribution in [-0.2, 0) is 4.79 Å². The molecule has 10 heteroatoms. The Balaban J connectivity index is 1.68. The van der Waals surface area contributed by atoms with Gasteiger partial charge in [0.05, 0.1) is 5.02 Å². The molecule has 1 fully saturated rings. The fraction of sp³-hybridized carbons (Fsp3) is 0.400. The fourth-order valence-electron chi connectivity index (χ4n) is 4.53. The summed E-state index contributed by atoms with van der Waals surface area (Å²) < 4.78 is 5.99. The van der Waals surface area contributed by atoms with Crippen molar-refractivity contribution in [3.63, 3.8) is 0 Å². The van der Waals surface area contributed by atoms with Gasteiger partial charge in [-0.25, -0.2) is 15.4 Å². The number of furan rings is 1. The predicted octanol–water partition coefficient (Wildman–Crippen LogP) is 4.36. The molecular formula is C25H31ClN6O3. The summed E-state index contributed by atoms with van der Waals surface area (Å²) in [6.45, 7) is 0.